The highest BCUT2D eigenvalue weighted by molar-refractivity contribution is 7.90. The summed E-state index contributed by atoms with van der Waals surface area (Å²) in [6.45, 7) is 0.871. The minimum atomic E-state index is -3.50. The highest BCUT2D eigenvalue weighted by Gasteiger charge is 2.29. The summed E-state index contributed by atoms with van der Waals surface area (Å²) in [4.78, 5) is 16.5. The van der Waals surface area contributed by atoms with Crippen molar-refractivity contribution in [2.45, 2.75) is 37.1 Å². The first-order valence-corrected chi connectivity index (χ1v) is 10.6. The van der Waals surface area contributed by atoms with Crippen molar-refractivity contribution in [3.05, 3.63) is 65.5 Å². The molecule has 0 spiro atoms. The Bertz CT molecular complexity index is 972. The third-order valence-corrected chi connectivity index (χ3v) is 5.79. The number of benzene rings is 2. The number of fused-ring (bicyclic) bond motifs is 1. The van der Waals surface area contributed by atoms with E-state index in [-0.39, 0.29) is 16.6 Å². The molecule has 0 bridgehead atoms. The molecule has 1 aliphatic heterocycles. The average Bonchev–Trinajstić information content (AvgIpc) is 2.95. The summed E-state index contributed by atoms with van der Waals surface area (Å²) in [6.07, 6.45) is 2.71. The molecule has 0 aromatic heterocycles. The predicted octanol–water partition coefficient (Wildman–Crippen LogP) is 2.74. The highest BCUT2D eigenvalue weighted by atomic mass is 32.2. The Kier molecular flexibility index (Phi) is 6.41. The minimum Gasteiger partial charge on any atom is -0.352 e. The number of sulfonamides is 1. The van der Waals surface area contributed by atoms with E-state index in [1.54, 1.807) is 36.4 Å². The fraction of sp³-hybridized carbons (Fsp3) is 0.300. The molecule has 0 radical (unpaired) electrons. The van der Waals surface area contributed by atoms with Gasteiger partial charge in [-0.25, -0.2) is 12.8 Å². The minimum absolute atomic E-state index is 0.0480. The number of carbonyl (C=O) groups is 1. The Morgan fingerprint density at radius 3 is 2.57 bits per heavy atom. The van der Waals surface area contributed by atoms with E-state index in [0.717, 1.165) is 24.8 Å². The van der Waals surface area contributed by atoms with Crippen LogP contribution in [-0.2, 0) is 21.4 Å². The molecule has 0 saturated carbocycles. The second kappa shape index (κ2) is 8.97. The summed E-state index contributed by atoms with van der Waals surface area (Å²) >= 11 is 0. The summed E-state index contributed by atoms with van der Waals surface area (Å²) in [5.74, 6) is 0.0355. The Balaban J connectivity index is 1.36. The van der Waals surface area contributed by atoms with Crippen LogP contribution in [0.2, 0.25) is 0 Å². The van der Waals surface area contributed by atoms with Crippen molar-refractivity contribution in [1.29, 1.82) is 0 Å². The molecule has 28 heavy (non-hydrogen) atoms. The van der Waals surface area contributed by atoms with E-state index in [1.807, 2.05) is 0 Å². The van der Waals surface area contributed by atoms with Gasteiger partial charge >= 0.3 is 0 Å². The average molecular weight is 403 g/mol. The van der Waals surface area contributed by atoms with Gasteiger partial charge < -0.3 is 5.32 Å². The molecule has 0 saturated heterocycles. The van der Waals surface area contributed by atoms with Gasteiger partial charge in [0.25, 0.3) is 10.0 Å². The van der Waals surface area contributed by atoms with Crippen LogP contribution in [0.4, 0.5) is 4.39 Å². The van der Waals surface area contributed by atoms with Gasteiger partial charge in [0.05, 0.1) is 4.90 Å². The summed E-state index contributed by atoms with van der Waals surface area (Å²) in [5.41, 5.74) is 1.45. The first-order chi connectivity index (χ1) is 13.5. The second-order valence-electron chi connectivity index (χ2n) is 6.55. The molecular formula is C20H22FN3O3S. The first-order valence-electron chi connectivity index (χ1n) is 9.13. The van der Waals surface area contributed by atoms with Gasteiger partial charge in [-0.2, -0.15) is 0 Å². The SMILES string of the molecule is O=C(CCCCCN=C1NS(=O)(=O)c2ccccc21)NCc1ccc(F)cc1. The Hall–Kier alpha value is -2.74. The van der Waals surface area contributed by atoms with Gasteiger partial charge in [0, 0.05) is 25.1 Å². The summed E-state index contributed by atoms with van der Waals surface area (Å²) in [5, 5.41) is 2.81. The number of halogens is 1. The van der Waals surface area contributed by atoms with Gasteiger partial charge in [0.2, 0.25) is 5.91 Å². The van der Waals surface area contributed by atoms with E-state index in [4.69, 9.17) is 0 Å². The fourth-order valence-corrected chi connectivity index (χ4v) is 4.16. The number of aliphatic imine (C=N–C) groups is 1. The maximum atomic E-state index is 12.8. The second-order valence-corrected chi connectivity index (χ2v) is 8.20. The zero-order valence-electron chi connectivity index (χ0n) is 15.3. The number of nitrogens with zero attached hydrogens (tertiary/aromatic N) is 1. The lowest BCUT2D eigenvalue weighted by Gasteiger charge is -2.05. The summed E-state index contributed by atoms with van der Waals surface area (Å²) in [6, 6.07) is 12.8. The van der Waals surface area contributed by atoms with E-state index < -0.39 is 10.0 Å². The molecule has 0 atom stereocenters. The van der Waals surface area contributed by atoms with Crippen LogP contribution < -0.4 is 10.0 Å². The van der Waals surface area contributed by atoms with Crippen LogP contribution in [0.1, 0.15) is 36.8 Å². The van der Waals surface area contributed by atoms with Crippen LogP contribution in [0.3, 0.4) is 0 Å². The topological polar surface area (TPSA) is 87.6 Å². The molecule has 3 rings (SSSR count). The molecule has 8 heteroatoms. The van der Waals surface area contributed by atoms with E-state index in [0.29, 0.717) is 30.9 Å². The van der Waals surface area contributed by atoms with Crippen molar-refractivity contribution in [2.24, 2.45) is 4.99 Å². The maximum absolute atomic E-state index is 12.8. The number of amides is 1. The largest absolute Gasteiger partial charge is 0.352 e. The number of hydrogen-bond acceptors (Lipinski definition) is 4. The molecule has 2 aromatic carbocycles. The zero-order valence-corrected chi connectivity index (χ0v) is 16.1. The number of rotatable bonds is 8. The smallest absolute Gasteiger partial charge is 0.263 e. The quantitative estimate of drug-likeness (QED) is 0.665. The molecule has 2 N–H and O–H groups in total. The van der Waals surface area contributed by atoms with Gasteiger partial charge in [0.15, 0.2) is 0 Å². The standard InChI is InChI=1S/C20H22FN3O3S/c21-16-11-9-15(10-12-16)14-23-19(25)8-2-1-5-13-22-20-17-6-3-4-7-18(17)28(26,27)24-20/h3-4,6-7,9-12H,1-2,5,8,13-14H2,(H,22,24)(H,23,25). The predicted molar refractivity (Wildman–Crippen MR) is 105 cm³/mol. The Labute approximate surface area is 163 Å². The molecule has 0 unspecified atom stereocenters. The van der Waals surface area contributed by atoms with Crippen LogP contribution >= 0.6 is 0 Å². The van der Waals surface area contributed by atoms with E-state index in [9.17, 15) is 17.6 Å². The fourth-order valence-electron chi connectivity index (χ4n) is 2.91. The van der Waals surface area contributed by atoms with Gasteiger partial charge in [-0.05, 0) is 42.7 Å². The van der Waals surface area contributed by atoms with Crippen LogP contribution in [-0.4, -0.2) is 26.7 Å². The molecule has 0 aliphatic carbocycles. The molecule has 2 aromatic rings. The number of nitrogens with one attached hydrogen (secondary N) is 2. The summed E-state index contributed by atoms with van der Waals surface area (Å²) < 4.78 is 39.3. The van der Waals surface area contributed by atoms with Crippen molar-refractivity contribution >= 4 is 21.8 Å². The normalized spacial score (nSPS) is 15.8. The molecule has 148 valence electrons. The molecule has 1 aliphatic rings. The maximum Gasteiger partial charge on any atom is 0.263 e. The summed E-state index contributed by atoms with van der Waals surface area (Å²) in [7, 11) is -3.50. The van der Waals surface area contributed by atoms with Crippen LogP contribution in [0.5, 0.6) is 0 Å². The van der Waals surface area contributed by atoms with Crippen molar-refractivity contribution < 1.29 is 17.6 Å². The molecule has 0 fully saturated rings. The Morgan fingerprint density at radius 1 is 1.04 bits per heavy atom. The number of carbonyl (C=O) groups excluding carboxylic acids is 1. The van der Waals surface area contributed by atoms with E-state index in [2.05, 4.69) is 15.0 Å². The molecular weight excluding hydrogens is 381 g/mol. The van der Waals surface area contributed by atoms with Crippen LogP contribution in [0, 0.1) is 5.82 Å². The van der Waals surface area contributed by atoms with Crippen molar-refractivity contribution in [3.8, 4) is 0 Å². The van der Waals surface area contributed by atoms with Crippen molar-refractivity contribution in [2.75, 3.05) is 6.54 Å². The van der Waals surface area contributed by atoms with E-state index in [1.165, 1.54) is 12.1 Å². The lowest BCUT2D eigenvalue weighted by molar-refractivity contribution is -0.121. The number of unbranched alkanes of at least 4 members (excludes halogenated alkanes) is 2. The lowest BCUT2D eigenvalue weighted by atomic mass is 10.1. The van der Waals surface area contributed by atoms with Crippen molar-refractivity contribution in [1.82, 2.24) is 10.0 Å². The number of hydrogen-bond donors (Lipinski definition) is 2. The molecule has 1 heterocycles. The lowest BCUT2D eigenvalue weighted by Crippen LogP contribution is -2.22. The van der Waals surface area contributed by atoms with Gasteiger partial charge in [-0.1, -0.05) is 30.7 Å². The van der Waals surface area contributed by atoms with Gasteiger partial charge in [-0.3, -0.25) is 14.5 Å². The van der Waals surface area contributed by atoms with Crippen LogP contribution in [0.15, 0.2) is 58.4 Å². The highest BCUT2D eigenvalue weighted by Crippen LogP contribution is 2.22. The van der Waals surface area contributed by atoms with Gasteiger partial charge in [-0.15, -0.1) is 0 Å². The first kappa shape index (κ1) is 20.0. The van der Waals surface area contributed by atoms with Crippen molar-refractivity contribution in [3.63, 3.8) is 0 Å². The zero-order chi connectivity index (χ0) is 20.0. The molecule has 6 nitrogen and oxygen atoms in total. The Morgan fingerprint density at radius 2 is 1.79 bits per heavy atom. The molecule has 1 amide bonds. The van der Waals surface area contributed by atoms with Gasteiger partial charge in [0.1, 0.15) is 11.7 Å². The third-order valence-electron chi connectivity index (χ3n) is 4.40. The van der Waals surface area contributed by atoms with Crippen LogP contribution in [0.25, 0.3) is 0 Å². The number of amidine groups is 1. The van der Waals surface area contributed by atoms with E-state index >= 15 is 0 Å². The third kappa shape index (κ3) is 5.16. The monoisotopic (exact) mass is 403 g/mol.